The number of ether oxygens (including phenoxy) is 1. The van der Waals surface area contributed by atoms with Crippen molar-refractivity contribution >= 4 is 16.1 Å². The van der Waals surface area contributed by atoms with Crippen molar-refractivity contribution in [3.8, 4) is 11.8 Å². The Morgan fingerprint density at radius 3 is 2.59 bits per heavy atom. The van der Waals surface area contributed by atoms with Gasteiger partial charge in [0.2, 0.25) is 0 Å². The minimum absolute atomic E-state index is 0.0740. The van der Waals surface area contributed by atoms with Crippen molar-refractivity contribution < 1.29 is 32.3 Å². The Kier molecular flexibility index (Phi) is 12.6. The zero-order valence-electron chi connectivity index (χ0n) is 22.2. The van der Waals surface area contributed by atoms with Crippen LogP contribution >= 0.6 is 0 Å². The molecular weight excluding hydrogens is 492 g/mol. The van der Waals surface area contributed by atoms with E-state index in [1.807, 2.05) is 26.0 Å². The topological polar surface area (TPSA) is 110 Å². The molecule has 2 rings (SSSR count). The van der Waals surface area contributed by atoms with E-state index >= 15 is 0 Å². The van der Waals surface area contributed by atoms with Crippen LogP contribution in [0.1, 0.15) is 57.9 Å². The predicted molar refractivity (Wildman–Crippen MR) is 143 cm³/mol. The van der Waals surface area contributed by atoms with E-state index in [2.05, 4.69) is 16.6 Å². The van der Waals surface area contributed by atoms with Crippen molar-refractivity contribution in [1.29, 1.82) is 0 Å². The summed E-state index contributed by atoms with van der Waals surface area (Å²) in [5, 5.41) is 21.4. The fourth-order valence-electron chi connectivity index (χ4n) is 4.37. The summed E-state index contributed by atoms with van der Waals surface area (Å²) in [6.07, 6.45) is 7.88. The molecule has 1 saturated carbocycles. The third kappa shape index (κ3) is 9.75. The monoisotopic (exact) mass is 532 g/mol. The molecule has 1 aromatic rings. The SMILES string of the molecule is CC#CCC(C)[C@H](O)/C=C/[C@@H]1[C@@H](C/C=C\CCCC(=O)OC)[C@H](OS(=O)(=O)c2ccc(C)cc2)C[C@H]1O. The Balaban J connectivity index is 2.18. The molecule has 1 fully saturated rings. The Labute approximate surface area is 221 Å². The molecule has 204 valence electrons. The fraction of sp³-hybridized carbons (Fsp3) is 0.552. The summed E-state index contributed by atoms with van der Waals surface area (Å²) in [5.41, 5.74) is 0.938. The standard InChI is InChI=1S/C29H40O7S/c1-5-6-11-22(3)26(30)19-18-24-25(12-9-7-8-10-13-29(32)35-4)28(20-27(24)31)36-37(33,34)23-16-14-21(2)15-17-23/h7,9,14-19,22,24-28,30-31H,8,10-13,20H2,1-4H3/b9-7-,19-18+/t22?,24-,25-,26-,27-,28-/m1/s1. The molecule has 1 unspecified atom stereocenters. The number of benzene rings is 1. The van der Waals surface area contributed by atoms with E-state index in [4.69, 9.17) is 4.18 Å². The zero-order valence-corrected chi connectivity index (χ0v) is 23.0. The number of aliphatic hydroxyl groups is 2. The number of methoxy groups -OCH3 is 1. The number of hydrogen-bond donors (Lipinski definition) is 2. The Morgan fingerprint density at radius 2 is 1.95 bits per heavy atom. The number of aryl methyl sites for hydroxylation is 1. The van der Waals surface area contributed by atoms with Crippen LogP contribution in [-0.4, -0.2) is 50.0 Å². The third-order valence-electron chi connectivity index (χ3n) is 6.72. The van der Waals surface area contributed by atoms with Crippen molar-refractivity contribution in [2.45, 2.75) is 82.5 Å². The van der Waals surface area contributed by atoms with Crippen LogP contribution in [0.3, 0.4) is 0 Å². The lowest BCUT2D eigenvalue weighted by atomic mass is 9.89. The number of esters is 1. The van der Waals surface area contributed by atoms with Gasteiger partial charge in [0.25, 0.3) is 10.1 Å². The molecule has 0 saturated heterocycles. The second-order valence-corrected chi connectivity index (χ2v) is 11.2. The first kappa shape index (κ1) is 30.8. The quantitative estimate of drug-likeness (QED) is 0.128. The predicted octanol–water partition coefficient (Wildman–Crippen LogP) is 4.32. The van der Waals surface area contributed by atoms with Gasteiger partial charge >= 0.3 is 5.97 Å². The molecule has 0 aliphatic heterocycles. The molecule has 0 radical (unpaired) electrons. The van der Waals surface area contributed by atoms with Gasteiger partial charge in [-0.05, 0) is 57.1 Å². The third-order valence-corrected chi connectivity index (χ3v) is 8.07. The van der Waals surface area contributed by atoms with Gasteiger partial charge in [-0.1, -0.05) is 48.9 Å². The first-order valence-corrected chi connectivity index (χ1v) is 14.2. The van der Waals surface area contributed by atoms with E-state index in [0.29, 0.717) is 32.1 Å². The molecule has 0 bridgehead atoms. The Hall–Kier alpha value is -2.44. The summed E-state index contributed by atoms with van der Waals surface area (Å²) in [6.45, 7) is 5.53. The lowest BCUT2D eigenvalue weighted by Gasteiger charge is -2.23. The van der Waals surface area contributed by atoms with Crippen LogP contribution in [0.4, 0.5) is 0 Å². The van der Waals surface area contributed by atoms with Crippen LogP contribution in [0.15, 0.2) is 53.5 Å². The molecule has 1 aromatic carbocycles. The second kappa shape index (κ2) is 15.1. The van der Waals surface area contributed by atoms with Crippen molar-refractivity contribution in [3.05, 3.63) is 54.1 Å². The van der Waals surface area contributed by atoms with Crippen LogP contribution in [0.25, 0.3) is 0 Å². The lowest BCUT2D eigenvalue weighted by molar-refractivity contribution is -0.140. The van der Waals surface area contributed by atoms with Crippen molar-refractivity contribution in [2.75, 3.05) is 7.11 Å². The van der Waals surface area contributed by atoms with Crippen LogP contribution in [-0.2, 0) is 23.8 Å². The van der Waals surface area contributed by atoms with E-state index in [9.17, 15) is 23.4 Å². The van der Waals surface area contributed by atoms with Gasteiger partial charge in [-0.25, -0.2) is 0 Å². The van der Waals surface area contributed by atoms with E-state index in [-0.39, 0.29) is 29.1 Å². The lowest BCUT2D eigenvalue weighted by Crippen LogP contribution is -2.25. The van der Waals surface area contributed by atoms with Gasteiger partial charge in [0.05, 0.1) is 30.3 Å². The van der Waals surface area contributed by atoms with Crippen LogP contribution in [0.2, 0.25) is 0 Å². The normalized spacial score (nSPS) is 23.6. The summed E-state index contributed by atoms with van der Waals surface area (Å²) in [6, 6.07) is 6.46. The number of rotatable bonds is 13. The van der Waals surface area contributed by atoms with Crippen molar-refractivity contribution in [2.24, 2.45) is 17.8 Å². The van der Waals surface area contributed by atoms with E-state index in [1.165, 1.54) is 19.2 Å². The number of carbonyl (C=O) groups is 1. The minimum atomic E-state index is -4.02. The molecule has 37 heavy (non-hydrogen) atoms. The maximum Gasteiger partial charge on any atom is 0.305 e. The molecule has 8 heteroatoms. The molecule has 2 N–H and O–H groups in total. The average molecular weight is 533 g/mol. The van der Waals surface area contributed by atoms with Gasteiger partial charge in [0.15, 0.2) is 0 Å². The number of allylic oxidation sites excluding steroid dienone is 2. The number of carbonyl (C=O) groups excluding carboxylic acids is 1. The number of aliphatic hydroxyl groups excluding tert-OH is 2. The maximum absolute atomic E-state index is 13.0. The molecular formula is C29H40O7S. The number of unbranched alkanes of at least 4 members (excludes halogenated alkanes) is 1. The van der Waals surface area contributed by atoms with Crippen LogP contribution in [0.5, 0.6) is 0 Å². The highest BCUT2D eigenvalue weighted by atomic mass is 32.2. The molecule has 6 atom stereocenters. The minimum Gasteiger partial charge on any atom is -0.469 e. The molecule has 0 heterocycles. The van der Waals surface area contributed by atoms with E-state index < -0.39 is 34.3 Å². The van der Waals surface area contributed by atoms with Crippen molar-refractivity contribution in [3.63, 3.8) is 0 Å². The number of hydrogen-bond acceptors (Lipinski definition) is 7. The largest absolute Gasteiger partial charge is 0.469 e. The first-order chi connectivity index (χ1) is 17.6. The summed E-state index contributed by atoms with van der Waals surface area (Å²) >= 11 is 0. The molecule has 1 aliphatic carbocycles. The zero-order chi connectivity index (χ0) is 27.4. The summed E-state index contributed by atoms with van der Waals surface area (Å²) in [4.78, 5) is 11.4. The van der Waals surface area contributed by atoms with Gasteiger partial charge in [-0.2, -0.15) is 8.42 Å². The van der Waals surface area contributed by atoms with Crippen LogP contribution in [0, 0.1) is 36.5 Å². The summed E-state index contributed by atoms with van der Waals surface area (Å²) in [5.74, 6) is 4.74. The average Bonchev–Trinajstić information content (AvgIpc) is 3.15. The molecule has 1 aliphatic rings. The highest BCUT2D eigenvalue weighted by Crippen LogP contribution is 2.40. The fourth-order valence-corrected chi connectivity index (χ4v) is 5.50. The summed E-state index contributed by atoms with van der Waals surface area (Å²) < 4.78 is 36.3. The van der Waals surface area contributed by atoms with E-state index in [1.54, 1.807) is 31.2 Å². The van der Waals surface area contributed by atoms with Gasteiger partial charge in [0.1, 0.15) is 0 Å². The van der Waals surface area contributed by atoms with Gasteiger partial charge in [-0.15, -0.1) is 11.8 Å². The Bertz CT molecular complexity index is 1080. The van der Waals surface area contributed by atoms with Gasteiger partial charge in [-0.3, -0.25) is 8.98 Å². The van der Waals surface area contributed by atoms with Gasteiger partial charge in [0, 0.05) is 25.2 Å². The first-order valence-electron chi connectivity index (χ1n) is 12.7. The van der Waals surface area contributed by atoms with Gasteiger partial charge < -0.3 is 14.9 Å². The van der Waals surface area contributed by atoms with Crippen molar-refractivity contribution in [1.82, 2.24) is 0 Å². The second-order valence-electron chi connectivity index (χ2n) is 9.61. The highest BCUT2D eigenvalue weighted by Gasteiger charge is 2.43. The molecule has 7 nitrogen and oxygen atoms in total. The Morgan fingerprint density at radius 1 is 1.24 bits per heavy atom. The van der Waals surface area contributed by atoms with Crippen LogP contribution < -0.4 is 0 Å². The maximum atomic E-state index is 13.0. The smallest absolute Gasteiger partial charge is 0.305 e. The van der Waals surface area contributed by atoms with E-state index in [0.717, 1.165) is 5.56 Å². The molecule has 0 spiro atoms. The molecule has 0 amide bonds. The highest BCUT2D eigenvalue weighted by molar-refractivity contribution is 7.86. The molecule has 0 aromatic heterocycles. The summed E-state index contributed by atoms with van der Waals surface area (Å²) in [7, 11) is -2.66.